The largest absolute Gasteiger partial charge is 0.502 e. The summed E-state index contributed by atoms with van der Waals surface area (Å²) in [5.41, 5.74) is 0.474. The highest BCUT2D eigenvalue weighted by Gasteiger charge is 2.05. The van der Waals surface area contributed by atoms with Crippen LogP contribution < -0.4 is 5.56 Å². The van der Waals surface area contributed by atoms with Gasteiger partial charge in [-0.05, 0) is 19.1 Å². The van der Waals surface area contributed by atoms with E-state index in [0.29, 0.717) is 11.3 Å². The van der Waals surface area contributed by atoms with Crippen LogP contribution >= 0.6 is 0 Å². The number of hydrogen-bond acceptors (Lipinski definition) is 3. The van der Waals surface area contributed by atoms with Crippen molar-refractivity contribution in [3.63, 3.8) is 0 Å². The number of pyridine rings is 1. The van der Waals surface area contributed by atoms with Gasteiger partial charge in [-0.25, -0.2) is 4.98 Å². The number of aromatic nitrogens is 2. The first-order valence-corrected chi connectivity index (χ1v) is 3.87. The second-order valence-electron chi connectivity index (χ2n) is 2.78. The molecule has 0 radical (unpaired) electrons. The van der Waals surface area contributed by atoms with Crippen LogP contribution in [0.5, 0.6) is 5.75 Å². The lowest BCUT2D eigenvalue weighted by atomic mass is 10.4. The van der Waals surface area contributed by atoms with Crippen molar-refractivity contribution in [1.82, 2.24) is 9.38 Å². The number of aryl methyl sites for hydroxylation is 1. The molecular weight excluding hydrogens is 168 g/mol. The third-order valence-electron chi connectivity index (χ3n) is 1.88. The molecule has 0 spiro atoms. The Kier molecular flexibility index (Phi) is 1.55. The summed E-state index contributed by atoms with van der Waals surface area (Å²) in [5, 5.41) is 9.31. The molecule has 0 atom stereocenters. The molecule has 0 aliphatic carbocycles. The predicted molar refractivity (Wildman–Crippen MR) is 47.9 cm³/mol. The Balaban J connectivity index is 3.03. The van der Waals surface area contributed by atoms with Gasteiger partial charge in [0, 0.05) is 6.20 Å². The van der Waals surface area contributed by atoms with Gasteiger partial charge in [0.2, 0.25) is 5.75 Å². The van der Waals surface area contributed by atoms with Crippen molar-refractivity contribution in [2.24, 2.45) is 0 Å². The molecule has 0 bridgehead atoms. The Morgan fingerprint density at radius 2 is 2.23 bits per heavy atom. The summed E-state index contributed by atoms with van der Waals surface area (Å²) in [5.74, 6) is -0.288. The van der Waals surface area contributed by atoms with Crippen molar-refractivity contribution in [1.29, 1.82) is 0 Å². The molecule has 1 N–H and O–H groups in total. The molecule has 2 heterocycles. The van der Waals surface area contributed by atoms with Gasteiger partial charge in [-0.2, -0.15) is 0 Å². The van der Waals surface area contributed by atoms with Crippen molar-refractivity contribution in [2.75, 3.05) is 0 Å². The molecule has 2 rings (SSSR count). The average molecular weight is 176 g/mol. The highest BCUT2D eigenvalue weighted by atomic mass is 16.3. The van der Waals surface area contributed by atoms with E-state index in [1.165, 1.54) is 4.40 Å². The molecule has 0 saturated heterocycles. The Hall–Kier alpha value is -1.84. The van der Waals surface area contributed by atoms with Crippen molar-refractivity contribution >= 4 is 5.65 Å². The van der Waals surface area contributed by atoms with E-state index in [0.717, 1.165) is 0 Å². The minimum atomic E-state index is -0.428. The summed E-state index contributed by atoms with van der Waals surface area (Å²) in [7, 11) is 0. The van der Waals surface area contributed by atoms with Crippen LogP contribution in [0, 0.1) is 6.92 Å². The van der Waals surface area contributed by atoms with E-state index in [-0.39, 0.29) is 5.75 Å². The second-order valence-corrected chi connectivity index (χ2v) is 2.78. The van der Waals surface area contributed by atoms with E-state index in [1.54, 1.807) is 31.3 Å². The minimum Gasteiger partial charge on any atom is -0.502 e. The van der Waals surface area contributed by atoms with Gasteiger partial charge < -0.3 is 5.11 Å². The smallest absolute Gasteiger partial charge is 0.300 e. The summed E-state index contributed by atoms with van der Waals surface area (Å²) in [6, 6.07) is 5.22. The molecule has 13 heavy (non-hydrogen) atoms. The molecule has 0 aliphatic heterocycles. The van der Waals surface area contributed by atoms with E-state index in [9.17, 15) is 9.90 Å². The molecule has 2 aromatic rings. The Morgan fingerprint density at radius 1 is 1.46 bits per heavy atom. The molecule has 0 amide bonds. The molecule has 0 unspecified atom stereocenters. The van der Waals surface area contributed by atoms with Crippen LogP contribution in [0.1, 0.15) is 5.69 Å². The summed E-state index contributed by atoms with van der Waals surface area (Å²) < 4.78 is 1.31. The molecule has 4 nitrogen and oxygen atoms in total. The molecule has 0 aliphatic rings. The third-order valence-corrected chi connectivity index (χ3v) is 1.88. The number of rotatable bonds is 0. The molecule has 0 saturated carbocycles. The van der Waals surface area contributed by atoms with Crippen molar-refractivity contribution in [2.45, 2.75) is 6.92 Å². The Morgan fingerprint density at radius 3 is 3.00 bits per heavy atom. The number of hydrogen-bond donors (Lipinski definition) is 1. The fraction of sp³-hybridized carbons (Fsp3) is 0.111. The van der Waals surface area contributed by atoms with Gasteiger partial charge in [0.05, 0.1) is 5.69 Å². The average Bonchev–Trinajstić information content (AvgIpc) is 2.15. The number of aromatic hydroxyl groups is 1. The van der Waals surface area contributed by atoms with Gasteiger partial charge in [0.25, 0.3) is 5.56 Å². The third kappa shape index (κ3) is 1.07. The van der Waals surface area contributed by atoms with Gasteiger partial charge in [-0.15, -0.1) is 0 Å². The predicted octanol–water partition coefficient (Wildman–Crippen LogP) is 0.709. The Labute approximate surface area is 74.1 Å². The first-order valence-electron chi connectivity index (χ1n) is 3.87. The zero-order valence-electron chi connectivity index (χ0n) is 7.06. The van der Waals surface area contributed by atoms with Crippen LogP contribution in [0.15, 0.2) is 29.2 Å². The standard InChI is InChI=1S/C9H8N2O2/c1-6-8(12)9(13)11-5-3-2-4-7(11)10-6/h2-5,12H,1H3. The van der Waals surface area contributed by atoms with Crippen molar-refractivity contribution in [3.8, 4) is 5.75 Å². The summed E-state index contributed by atoms with van der Waals surface area (Å²) in [4.78, 5) is 15.5. The highest BCUT2D eigenvalue weighted by molar-refractivity contribution is 5.41. The lowest BCUT2D eigenvalue weighted by Gasteiger charge is -2.01. The van der Waals surface area contributed by atoms with Crippen LogP contribution in [0.4, 0.5) is 0 Å². The fourth-order valence-electron chi connectivity index (χ4n) is 1.19. The minimum absolute atomic E-state index is 0.288. The molecule has 66 valence electrons. The SMILES string of the molecule is Cc1nc2ccccn2c(=O)c1O. The zero-order chi connectivity index (χ0) is 9.42. The van der Waals surface area contributed by atoms with Gasteiger partial charge in [0.15, 0.2) is 0 Å². The molecule has 2 aromatic heterocycles. The maximum Gasteiger partial charge on any atom is 0.300 e. The van der Waals surface area contributed by atoms with Crippen LogP contribution in [0.2, 0.25) is 0 Å². The molecular formula is C9H8N2O2. The second kappa shape index (κ2) is 2.58. The van der Waals surface area contributed by atoms with E-state index in [1.807, 2.05) is 0 Å². The first-order chi connectivity index (χ1) is 6.20. The van der Waals surface area contributed by atoms with Gasteiger partial charge in [-0.3, -0.25) is 9.20 Å². The lowest BCUT2D eigenvalue weighted by molar-refractivity contribution is 0.457. The van der Waals surface area contributed by atoms with E-state index in [4.69, 9.17) is 0 Å². The quantitative estimate of drug-likeness (QED) is 0.643. The van der Waals surface area contributed by atoms with E-state index >= 15 is 0 Å². The molecule has 0 fully saturated rings. The van der Waals surface area contributed by atoms with Gasteiger partial charge in [0.1, 0.15) is 5.65 Å². The van der Waals surface area contributed by atoms with Crippen molar-refractivity contribution in [3.05, 3.63) is 40.4 Å². The number of nitrogens with zero attached hydrogens (tertiary/aromatic N) is 2. The van der Waals surface area contributed by atoms with Gasteiger partial charge in [-0.1, -0.05) is 6.07 Å². The summed E-state index contributed by atoms with van der Waals surface area (Å²) in [6.07, 6.45) is 1.57. The topological polar surface area (TPSA) is 54.6 Å². The van der Waals surface area contributed by atoms with E-state index in [2.05, 4.69) is 4.98 Å². The fourth-order valence-corrected chi connectivity index (χ4v) is 1.19. The summed E-state index contributed by atoms with van der Waals surface area (Å²) in [6.45, 7) is 1.60. The first kappa shape index (κ1) is 7.79. The lowest BCUT2D eigenvalue weighted by Crippen LogP contribution is -2.15. The molecule has 0 aromatic carbocycles. The van der Waals surface area contributed by atoms with Crippen LogP contribution in [-0.4, -0.2) is 14.5 Å². The van der Waals surface area contributed by atoms with E-state index < -0.39 is 5.56 Å². The Bertz CT molecular complexity index is 516. The number of fused-ring (bicyclic) bond motifs is 1. The maximum absolute atomic E-state index is 11.4. The normalized spacial score (nSPS) is 10.5. The zero-order valence-corrected chi connectivity index (χ0v) is 7.06. The monoisotopic (exact) mass is 176 g/mol. The van der Waals surface area contributed by atoms with Gasteiger partial charge >= 0.3 is 0 Å². The maximum atomic E-state index is 11.4. The van der Waals surface area contributed by atoms with Crippen LogP contribution in [0.3, 0.4) is 0 Å². The molecule has 4 heteroatoms. The van der Waals surface area contributed by atoms with Crippen LogP contribution in [0.25, 0.3) is 5.65 Å². The van der Waals surface area contributed by atoms with Crippen molar-refractivity contribution < 1.29 is 5.11 Å². The highest BCUT2D eigenvalue weighted by Crippen LogP contribution is 2.07. The van der Waals surface area contributed by atoms with Crippen LogP contribution in [-0.2, 0) is 0 Å². The summed E-state index contributed by atoms with van der Waals surface area (Å²) >= 11 is 0.